The van der Waals surface area contributed by atoms with Crippen molar-refractivity contribution in [2.75, 3.05) is 0 Å². The Morgan fingerprint density at radius 3 is 2.09 bits per heavy atom. The van der Waals surface area contributed by atoms with E-state index in [2.05, 4.69) is 145 Å². The Kier molecular flexibility index (Phi) is 6.60. The molecule has 0 radical (unpaired) electrons. The fourth-order valence-corrected chi connectivity index (χ4v) is 6.17. The van der Waals surface area contributed by atoms with Crippen LogP contribution in [-0.4, -0.2) is 10.8 Å². The zero-order valence-corrected chi connectivity index (χ0v) is 24.4. The van der Waals surface area contributed by atoms with Crippen LogP contribution in [-0.2, 0) is 0 Å². The van der Waals surface area contributed by atoms with Gasteiger partial charge < -0.3 is 9.98 Å². The maximum absolute atomic E-state index is 7.40. The lowest BCUT2D eigenvalue weighted by Gasteiger charge is -2.12. The number of nitrogens with one attached hydrogen (secondary N) is 1. The fraction of sp³-hybridized carbons (Fsp3) is 0.0488. The van der Waals surface area contributed by atoms with Crippen molar-refractivity contribution in [3.05, 3.63) is 157 Å². The highest BCUT2D eigenvalue weighted by Gasteiger charge is 2.16. The molecule has 6 aromatic carbocycles. The molecule has 0 fully saturated rings. The SMILES string of the molecule is C=C(/C=C(\C)c1ccc2c3ccc4cc(-c5ccc6ccccc6c5)ccc4c3n(-c3ccccc3)c2c1)/C(C)=C/C=N. The molecular weight excluding hydrogens is 520 g/mol. The molecule has 0 bridgehead atoms. The molecule has 0 aliphatic heterocycles. The van der Waals surface area contributed by atoms with Crippen molar-refractivity contribution in [3.63, 3.8) is 0 Å². The highest BCUT2D eigenvalue weighted by atomic mass is 15.0. The van der Waals surface area contributed by atoms with Crippen molar-refractivity contribution in [3.8, 4) is 16.8 Å². The van der Waals surface area contributed by atoms with Crippen LogP contribution < -0.4 is 0 Å². The summed E-state index contributed by atoms with van der Waals surface area (Å²) < 4.78 is 2.41. The van der Waals surface area contributed by atoms with Crippen LogP contribution in [0, 0.1) is 5.41 Å². The number of hydrogen-bond acceptors (Lipinski definition) is 1. The summed E-state index contributed by atoms with van der Waals surface area (Å²) in [5, 5.41) is 14.8. The van der Waals surface area contributed by atoms with Crippen LogP contribution in [0.5, 0.6) is 0 Å². The normalized spacial score (nSPS) is 12.4. The van der Waals surface area contributed by atoms with E-state index >= 15 is 0 Å². The van der Waals surface area contributed by atoms with Gasteiger partial charge in [-0.05, 0) is 99.8 Å². The Hall–Kier alpha value is -5.47. The standard InChI is InChI=1S/C41H32N2/c1-27(21-22-42)28(2)23-29(3)31-15-19-38-39-20-17-35-25-34(33-14-13-30-9-7-8-10-32(30)24-33)16-18-37(35)41(39)43(40(38)26-31)36-11-5-4-6-12-36/h4-26,42H,2H2,1,3H3/b27-21+,29-23+,42-22?. The number of nitrogens with zero attached hydrogens (tertiary/aromatic N) is 1. The maximum atomic E-state index is 7.40. The summed E-state index contributed by atoms with van der Waals surface area (Å²) in [4.78, 5) is 0. The van der Waals surface area contributed by atoms with Gasteiger partial charge in [-0.1, -0.05) is 104 Å². The summed E-state index contributed by atoms with van der Waals surface area (Å²) in [6, 6.07) is 44.0. The van der Waals surface area contributed by atoms with Gasteiger partial charge in [-0.25, -0.2) is 0 Å². The topological polar surface area (TPSA) is 28.8 Å². The van der Waals surface area contributed by atoms with Crippen molar-refractivity contribution >= 4 is 55.1 Å². The number of aromatic nitrogens is 1. The number of benzene rings is 6. The molecule has 0 aliphatic carbocycles. The predicted octanol–water partition coefficient (Wildman–Crippen LogP) is 11.3. The van der Waals surface area contributed by atoms with Crippen molar-refractivity contribution in [2.45, 2.75) is 13.8 Å². The van der Waals surface area contributed by atoms with Crippen LogP contribution >= 0.6 is 0 Å². The molecule has 0 saturated heterocycles. The molecular formula is C41H32N2. The minimum absolute atomic E-state index is 0.915. The molecule has 0 unspecified atom stereocenters. The number of rotatable bonds is 6. The van der Waals surface area contributed by atoms with Gasteiger partial charge in [0.15, 0.2) is 0 Å². The number of fused-ring (bicyclic) bond motifs is 6. The monoisotopic (exact) mass is 552 g/mol. The third kappa shape index (κ3) is 4.67. The lowest BCUT2D eigenvalue weighted by Crippen LogP contribution is -1.95. The first kappa shape index (κ1) is 26.4. The van der Waals surface area contributed by atoms with E-state index in [4.69, 9.17) is 5.41 Å². The van der Waals surface area contributed by atoms with E-state index in [-0.39, 0.29) is 0 Å². The van der Waals surface area contributed by atoms with E-state index in [0.717, 1.165) is 28.0 Å². The second-order valence-electron chi connectivity index (χ2n) is 11.2. The van der Waals surface area contributed by atoms with Crippen molar-refractivity contribution in [1.82, 2.24) is 4.57 Å². The van der Waals surface area contributed by atoms with Crippen LogP contribution in [0.1, 0.15) is 19.4 Å². The highest BCUT2D eigenvalue weighted by molar-refractivity contribution is 6.19. The van der Waals surface area contributed by atoms with Crippen LogP contribution in [0.25, 0.3) is 65.7 Å². The van der Waals surface area contributed by atoms with E-state index in [0.29, 0.717) is 0 Å². The van der Waals surface area contributed by atoms with Crippen molar-refractivity contribution in [1.29, 1.82) is 5.41 Å². The summed E-state index contributed by atoms with van der Waals surface area (Å²) in [6.07, 6.45) is 5.19. The molecule has 7 aromatic rings. The van der Waals surface area contributed by atoms with Crippen LogP contribution in [0.4, 0.5) is 0 Å². The lowest BCUT2D eigenvalue weighted by molar-refractivity contribution is 1.18. The number of allylic oxidation sites excluding steroid dienone is 5. The van der Waals surface area contributed by atoms with Gasteiger partial charge in [0, 0.05) is 28.1 Å². The average Bonchev–Trinajstić information content (AvgIpc) is 3.38. The van der Waals surface area contributed by atoms with E-state index in [1.165, 1.54) is 60.7 Å². The van der Waals surface area contributed by atoms with E-state index in [1.54, 1.807) is 6.08 Å². The molecule has 206 valence electrons. The van der Waals surface area contributed by atoms with Gasteiger partial charge in [0.2, 0.25) is 0 Å². The first-order valence-electron chi connectivity index (χ1n) is 14.6. The Labute approximate surface area is 252 Å². The minimum atomic E-state index is 0.915. The smallest absolute Gasteiger partial charge is 0.0619 e. The van der Waals surface area contributed by atoms with Crippen LogP contribution in [0.15, 0.2) is 151 Å². The molecule has 1 aromatic heterocycles. The van der Waals surface area contributed by atoms with Crippen molar-refractivity contribution in [2.24, 2.45) is 0 Å². The number of hydrogen-bond donors (Lipinski definition) is 1. The molecule has 0 atom stereocenters. The van der Waals surface area contributed by atoms with Gasteiger partial charge in [-0.15, -0.1) is 0 Å². The van der Waals surface area contributed by atoms with Crippen molar-refractivity contribution < 1.29 is 0 Å². The summed E-state index contributed by atoms with van der Waals surface area (Å²) in [6.45, 7) is 8.34. The predicted molar refractivity (Wildman–Crippen MR) is 187 cm³/mol. The summed E-state index contributed by atoms with van der Waals surface area (Å²) >= 11 is 0. The molecule has 2 nitrogen and oxygen atoms in total. The Morgan fingerprint density at radius 2 is 1.30 bits per heavy atom. The molecule has 1 heterocycles. The van der Waals surface area contributed by atoms with Gasteiger partial charge in [0.05, 0.1) is 11.0 Å². The van der Waals surface area contributed by atoms with Gasteiger partial charge >= 0.3 is 0 Å². The summed E-state index contributed by atoms with van der Waals surface area (Å²) in [5.74, 6) is 0. The van der Waals surface area contributed by atoms with Crippen LogP contribution in [0.2, 0.25) is 0 Å². The first-order valence-corrected chi connectivity index (χ1v) is 14.6. The van der Waals surface area contributed by atoms with Gasteiger partial charge in [-0.3, -0.25) is 0 Å². The van der Waals surface area contributed by atoms with E-state index in [9.17, 15) is 0 Å². The van der Waals surface area contributed by atoms with Gasteiger partial charge in [0.1, 0.15) is 0 Å². The third-order valence-corrected chi connectivity index (χ3v) is 8.53. The minimum Gasteiger partial charge on any atom is -0.309 e. The molecule has 43 heavy (non-hydrogen) atoms. The van der Waals surface area contributed by atoms with E-state index in [1.807, 2.05) is 6.92 Å². The molecule has 0 saturated carbocycles. The Bertz CT molecular complexity index is 2280. The summed E-state index contributed by atoms with van der Waals surface area (Å²) in [7, 11) is 0. The summed E-state index contributed by atoms with van der Waals surface area (Å²) in [5.41, 5.74) is 10.2. The molecule has 2 heteroatoms. The Morgan fingerprint density at radius 1 is 0.651 bits per heavy atom. The van der Waals surface area contributed by atoms with Gasteiger partial charge in [0.25, 0.3) is 0 Å². The highest BCUT2D eigenvalue weighted by Crippen LogP contribution is 2.39. The molecule has 0 amide bonds. The average molecular weight is 553 g/mol. The molecule has 0 spiro atoms. The lowest BCUT2D eigenvalue weighted by atomic mass is 9.97. The molecule has 0 aliphatic rings. The maximum Gasteiger partial charge on any atom is 0.0619 e. The van der Waals surface area contributed by atoms with E-state index < -0.39 is 0 Å². The molecule has 1 N–H and O–H groups in total. The largest absolute Gasteiger partial charge is 0.309 e. The first-order chi connectivity index (χ1) is 21.0. The second-order valence-corrected chi connectivity index (χ2v) is 11.2. The van der Waals surface area contributed by atoms with Crippen LogP contribution in [0.3, 0.4) is 0 Å². The second kappa shape index (κ2) is 10.7. The Balaban J connectivity index is 1.44. The number of para-hydroxylation sites is 1. The zero-order valence-electron chi connectivity index (χ0n) is 24.4. The third-order valence-electron chi connectivity index (χ3n) is 8.53. The fourth-order valence-electron chi connectivity index (χ4n) is 6.17. The molecule has 7 rings (SSSR count). The quantitative estimate of drug-likeness (QED) is 0.157. The van der Waals surface area contributed by atoms with Gasteiger partial charge in [-0.2, -0.15) is 0 Å². The zero-order chi connectivity index (χ0) is 29.5.